The molecule has 1 saturated heterocycles. The molecule has 0 bridgehead atoms. The lowest BCUT2D eigenvalue weighted by Gasteiger charge is -2.19. The summed E-state index contributed by atoms with van der Waals surface area (Å²) >= 11 is 0. The zero-order valence-corrected chi connectivity index (χ0v) is 8.70. The SMILES string of the molecule is COC[C@H]1OCC[C@H]1OP(C)(=O)O. The van der Waals surface area contributed by atoms with Crippen LogP contribution in [0.1, 0.15) is 6.42 Å². The zero-order chi connectivity index (χ0) is 9.90. The molecule has 0 radical (unpaired) electrons. The van der Waals surface area contributed by atoms with Gasteiger partial charge in [0, 0.05) is 26.8 Å². The largest absolute Gasteiger partial charge is 0.382 e. The van der Waals surface area contributed by atoms with E-state index in [0.29, 0.717) is 19.6 Å². The molecule has 1 heterocycles. The Bertz CT molecular complexity index is 201. The van der Waals surface area contributed by atoms with Crippen molar-refractivity contribution in [2.24, 2.45) is 0 Å². The third-order valence-electron chi connectivity index (χ3n) is 1.81. The monoisotopic (exact) mass is 210 g/mol. The molecule has 0 saturated carbocycles. The first-order chi connectivity index (χ1) is 6.03. The number of methoxy groups -OCH3 is 1. The van der Waals surface area contributed by atoms with Crippen LogP contribution in [-0.2, 0) is 18.6 Å². The van der Waals surface area contributed by atoms with Gasteiger partial charge >= 0.3 is 7.60 Å². The summed E-state index contributed by atoms with van der Waals surface area (Å²) in [6.45, 7) is 2.12. The van der Waals surface area contributed by atoms with E-state index < -0.39 is 7.60 Å². The third-order valence-corrected chi connectivity index (χ3v) is 2.47. The highest BCUT2D eigenvalue weighted by molar-refractivity contribution is 7.51. The predicted octanol–water partition coefficient (Wildman–Crippen LogP) is 0.622. The predicted molar refractivity (Wildman–Crippen MR) is 46.9 cm³/mol. The van der Waals surface area contributed by atoms with Crippen molar-refractivity contribution in [3.05, 3.63) is 0 Å². The van der Waals surface area contributed by atoms with Crippen molar-refractivity contribution in [1.82, 2.24) is 0 Å². The van der Waals surface area contributed by atoms with Crippen LogP contribution in [0.2, 0.25) is 0 Å². The van der Waals surface area contributed by atoms with Crippen molar-refractivity contribution >= 4 is 7.60 Å². The van der Waals surface area contributed by atoms with Crippen LogP contribution in [0.25, 0.3) is 0 Å². The molecule has 1 aliphatic rings. The summed E-state index contributed by atoms with van der Waals surface area (Å²) in [5.74, 6) is 0. The molecule has 0 spiro atoms. The molecule has 0 aromatic carbocycles. The molecule has 78 valence electrons. The zero-order valence-electron chi connectivity index (χ0n) is 7.80. The molecule has 3 atom stereocenters. The molecule has 1 N–H and O–H groups in total. The van der Waals surface area contributed by atoms with Crippen LogP contribution in [0.4, 0.5) is 0 Å². The summed E-state index contributed by atoms with van der Waals surface area (Å²) in [4.78, 5) is 9.00. The third kappa shape index (κ3) is 3.75. The number of hydrogen-bond donors (Lipinski definition) is 1. The average molecular weight is 210 g/mol. The fraction of sp³-hybridized carbons (Fsp3) is 1.00. The van der Waals surface area contributed by atoms with Crippen LogP contribution in [0, 0.1) is 0 Å². The Morgan fingerprint density at radius 2 is 2.38 bits per heavy atom. The van der Waals surface area contributed by atoms with Gasteiger partial charge in [0.2, 0.25) is 0 Å². The van der Waals surface area contributed by atoms with E-state index >= 15 is 0 Å². The molecule has 13 heavy (non-hydrogen) atoms. The van der Waals surface area contributed by atoms with Gasteiger partial charge in [-0.1, -0.05) is 0 Å². The average Bonchev–Trinajstić information content (AvgIpc) is 2.34. The van der Waals surface area contributed by atoms with Gasteiger partial charge in [0.15, 0.2) is 0 Å². The van der Waals surface area contributed by atoms with Gasteiger partial charge in [-0.15, -0.1) is 0 Å². The summed E-state index contributed by atoms with van der Waals surface area (Å²) in [6, 6.07) is 0. The highest BCUT2D eigenvalue weighted by atomic mass is 31.2. The molecular weight excluding hydrogens is 195 g/mol. The molecule has 0 amide bonds. The minimum absolute atomic E-state index is 0.217. The van der Waals surface area contributed by atoms with Crippen LogP contribution in [0.5, 0.6) is 0 Å². The number of ether oxygens (including phenoxy) is 2. The smallest absolute Gasteiger partial charge is 0.325 e. The van der Waals surface area contributed by atoms with Crippen LogP contribution in [-0.4, -0.2) is 44.1 Å². The Hall–Kier alpha value is 0.0700. The Morgan fingerprint density at radius 3 is 2.92 bits per heavy atom. The molecule has 0 aromatic rings. The maximum Gasteiger partial charge on any atom is 0.325 e. The van der Waals surface area contributed by atoms with Gasteiger partial charge in [0.25, 0.3) is 0 Å². The van der Waals surface area contributed by atoms with E-state index in [4.69, 9.17) is 18.9 Å². The van der Waals surface area contributed by atoms with Crippen molar-refractivity contribution in [1.29, 1.82) is 0 Å². The van der Waals surface area contributed by atoms with Crippen LogP contribution < -0.4 is 0 Å². The van der Waals surface area contributed by atoms with E-state index in [1.54, 1.807) is 7.11 Å². The number of hydrogen-bond acceptors (Lipinski definition) is 4. The van der Waals surface area contributed by atoms with E-state index in [1.807, 2.05) is 0 Å². The maximum absolute atomic E-state index is 11.0. The maximum atomic E-state index is 11.0. The summed E-state index contributed by atoms with van der Waals surface area (Å²) in [7, 11) is -1.85. The Morgan fingerprint density at radius 1 is 1.69 bits per heavy atom. The summed E-state index contributed by atoms with van der Waals surface area (Å²) < 4.78 is 26.1. The van der Waals surface area contributed by atoms with Crippen molar-refractivity contribution in [2.75, 3.05) is 27.0 Å². The second kappa shape index (κ2) is 4.53. The van der Waals surface area contributed by atoms with E-state index in [0.717, 1.165) is 0 Å². The lowest BCUT2D eigenvalue weighted by atomic mass is 10.2. The van der Waals surface area contributed by atoms with E-state index in [1.165, 1.54) is 6.66 Å². The molecule has 1 rings (SSSR count). The van der Waals surface area contributed by atoms with Gasteiger partial charge < -0.3 is 18.9 Å². The van der Waals surface area contributed by atoms with Crippen molar-refractivity contribution in [3.63, 3.8) is 0 Å². The van der Waals surface area contributed by atoms with Gasteiger partial charge in [-0.25, -0.2) is 0 Å². The first-order valence-electron chi connectivity index (χ1n) is 4.12. The van der Waals surface area contributed by atoms with Crippen molar-refractivity contribution in [3.8, 4) is 0 Å². The van der Waals surface area contributed by atoms with Gasteiger partial charge in [-0.05, 0) is 0 Å². The molecule has 0 aromatic heterocycles. The first kappa shape index (κ1) is 11.1. The summed E-state index contributed by atoms with van der Waals surface area (Å²) in [5, 5.41) is 0. The Labute approximate surface area is 77.5 Å². The molecule has 6 heteroatoms. The molecule has 1 fully saturated rings. The van der Waals surface area contributed by atoms with Crippen LogP contribution in [0.3, 0.4) is 0 Å². The first-order valence-corrected chi connectivity index (χ1v) is 6.14. The van der Waals surface area contributed by atoms with Gasteiger partial charge in [-0.3, -0.25) is 4.57 Å². The van der Waals surface area contributed by atoms with Crippen molar-refractivity contribution in [2.45, 2.75) is 18.6 Å². The standard InChI is InChI=1S/C7H15O5P/c1-10-5-7-6(3-4-11-7)12-13(2,8)9/h6-7H,3-5H2,1-2H3,(H,8,9)/t6-,7-/m1/s1. The molecule has 5 nitrogen and oxygen atoms in total. The van der Waals surface area contributed by atoms with Gasteiger partial charge in [0.05, 0.1) is 12.7 Å². The van der Waals surface area contributed by atoms with Gasteiger partial charge in [0.1, 0.15) is 6.10 Å². The second-order valence-electron chi connectivity index (χ2n) is 3.10. The quantitative estimate of drug-likeness (QED) is 0.689. The molecular formula is C7H15O5P. The highest BCUT2D eigenvalue weighted by Crippen LogP contribution is 2.41. The molecule has 1 aliphatic heterocycles. The highest BCUT2D eigenvalue weighted by Gasteiger charge is 2.32. The van der Waals surface area contributed by atoms with E-state index in [9.17, 15) is 4.57 Å². The lowest BCUT2D eigenvalue weighted by molar-refractivity contribution is -0.00458. The van der Waals surface area contributed by atoms with Crippen LogP contribution >= 0.6 is 7.60 Å². The topological polar surface area (TPSA) is 65.0 Å². The minimum Gasteiger partial charge on any atom is -0.382 e. The Balaban J connectivity index is 2.44. The lowest BCUT2D eigenvalue weighted by Crippen LogP contribution is -2.27. The molecule has 1 unspecified atom stereocenters. The minimum atomic E-state index is -3.41. The van der Waals surface area contributed by atoms with Crippen molar-refractivity contribution < 1.29 is 23.5 Å². The summed E-state index contributed by atoms with van der Waals surface area (Å²) in [5.41, 5.74) is 0. The van der Waals surface area contributed by atoms with E-state index in [2.05, 4.69) is 0 Å². The number of rotatable bonds is 4. The second-order valence-corrected chi connectivity index (χ2v) is 4.92. The summed E-state index contributed by atoms with van der Waals surface area (Å²) in [6.07, 6.45) is 0.109. The fourth-order valence-electron chi connectivity index (χ4n) is 1.32. The fourth-order valence-corrected chi connectivity index (χ4v) is 2.06. The molecule has 0 aliphatic carbocycles. The van der Waals surface area contributed by atoms with E-state index in [-0.39, 0.29) is 12.2 Å². The van der Waals surface area contributed by atoms with Crippen LogP contribution in [0.15, 0.2) is 0 Å². The Kier molecular flexibility index (Phi) is 3.88. The van der Waals surface area contributed by atoms with Gasteiger partial charge in [-0.2, -0.15) is 0 Å². The normalized spacial score (nSPS) is 33.2.